The normalized spacial score (nSPS) is 20.4. The van der Waals surface area contributed by atoms with Gasteiger partial charge in [0.2, 0.25) is 0 Å². The summed E-state index contributed by atoms with van der Waals surface area (Å²) in [5, 5.41) is 9.29. The van der Waals surface area contributed by atoms with E-state index < -0.39 is 12.1 Å². The highest BCUT2D eigenvalue weighted by atomic mass is 16.6. The predicted octanol–water partition coefficient (Wildman–Crippen LogP) is 0.572. The van der Waals surface area contributed by atoms with Crippen LogP contribution in [-0.4, -0.2) is 29.8 Å². The van der Waals surface area contributed by atoms with Crippen LogP contribution in [0.2, 0.25) is 0 Å². The Kier molecular flexibility index (Phi) is 4.90. The number of rotatable bonds is 4. The van der Waals surface area contributed by atoms with Crippen molar-refractivity contribution in [3.63, 3.8) is 0 Å². The minimum absolute atomic E-state index is 0.0173. The molecule has 0 unspecified atom stereocenters. The molecule has 0 heterocycles. The second-order valence-electron chi connectivity index (χ2n) is 3.79. The Labute approximate surface area is 84.4 Å². The second kappa shape index (κ2) is 5.98. The van der Waals surface area contributed by atoms with Crippen molar-refractivity contribution >= 4 is 5.97 Å². The molecular formula is C10H19NO3. The molecular weight excluding hydrogens is 182 g/mol. The molecule has 0 saturated heterocycles. The Morgan fingerprint density at radius 1 is 1.43 bits per heavy atom. The molecule has 4 nitrogen and oxygen atoms in total. The van der Waals surface area contributed by atoms with Gasteiger partial charge in [0.05, 0.1) is 0 Å². The van der Waals surface area contributed by atoms with Gasteiger partial charge in [0, 0.05) is 0 Å². The van der Waals surface area contributed by atoms with E-state index in [9.17, 15) is 9.90 Å². The summed E-state index contributed by atoms with van der Waals surface area (Å²) in [4.78, 5) is 11.3. The molecule has 82 valence electrons. The first kappa shape index (κ1) is 11.5. The summed E-state index contributed by atoms with van der Waals surface area (Å²) in [6.45, 7) is 0.306. The molecule has 0 radical (unpaired) electrons. The SMILES string of the molecule is NCC[C@H](O)C(=O)OC1CCCCC1. The number of aliphatic hydroxyl groups excluding tert-OH is 1. The Morgan fingerprint density at radius 2 is 2.07 bits per heavy atom. The van der Waals surface area contributed by atoms with E-state index in [2.05, 4.69) is 0 Å². The quantitative estimate of drug-likeness (QED) is 0.652. The summed E-state index contributed by atoms with van der Waals surface area (Å²) < 4.78 is 5.16. The number of carbonyl (C=O) groups is 1. The predicted molar refractivity (Wildman–Crippen MR) is 52.6 cm³/mol. The van der Waals surface area contributed by atoms with Crippen molar-refractivity contribution in [2.24, 2.45) is 5.73 Å². The van der Waals surface area contributed by atoms with Gasteiger partial charge in [0.1, 0.15) is 6.10 Å². The fraction of sp³-hybridized carbons (Fsp3) is 0.900. The monoisotopic (exact) mass is 201 g/mol. The van der Waals surface area contributed by atoms with E-state index in [4.69, 9.17) is 10.5 Å². The Balaban J connectivity index is 2.24. The van der Waals surface area contributed by atoms with Crippen LogP contribution >= 0.6 is 0 Å². The number of hydrogen-bond acceptors (Lipinski definition) is 4. The highest BCUT2D eigenvalue weighted by molar-refractivity contribution is 5.74. The van der Waals surface area contributed by atoms with E-state index in [-0.39, 0.29) is 12.5 Å². The highest BCUT2D eigenvalue weighted by Gasteiger charge is 2.22. The summed E-state index contributed by atoms with van der Waals surface area (Å²) in [6, 6.07) is 0. The zero-order valence-corrected chi connectivity index (χ0v) is 8.45. The van der Waals surface area contributed by atoms with Crippen molar-refractivity contribution in [1.29, 1.82) is 0 Å². The molecule has 1 aliphatic rings. The fourth-order valence-corrected chi connectivity index (χ4v) is 1.70. The van der Waals surface area contributed by atoms with Gasteiger partial charge >= 0.3 is 5.97 Å². The molecule has 0 aromatic heterocycles. The molecule has 1 fully saturated rings. The van der Waals surface area contributed by atoms with Gasteiger partial charge in [-0.3, -0.25) is 0 Å². The summed E-state index contributed by atoms with van der Waals surface area (Å²) >= 11 is 0. The number of esters is 1. The van der Waals surface area contributed by atoms with Crippen LogP contribution in [-0.2, 0) is 9.53 Å². The summed E-state index contributed by atoms with van der Waals surface area (Å²) in [6.07, 6.45) is 4.58. The first-order valence-corrected chi connectivity index (χ1v) is 5.32. The van der Waals surface area contributed by atoms with E-state index in [1.54, 1.807) is 0 Å². The number of ether oxygens (including phenoxy) is 1. The van der Waals surface area contributed by atoms with Crippen molar-refractivity contribution < 1.29 is 14.6 Å². The van der Waals surface area contributed by atoms with Gasteiger partial charge in [-0.25, -0.2) is 4.79 Å². The van der Waals surface area contributed by atoms with Crippen LogP contribution in [0.4, 0.5) is 0 Å². The molecule has 3 N–H and O–H groups in total. The van der Waals surface area contributed by atoms with E-state index in [0.717, 1.165) is 25.7 Å². The average molecular weight is 201 g/mol. The Bertz CT molecular complexity index is 178. The van der Waals surface area contributed by atoms with Gasteiger partial charge in [-0.2, -0.15) is 0 Å². The molecule has 0 spiro atoms. The summed E-state index contributed by atoms with van der Waals surface area (Å²) in [5.41, 5.74) is 5.23. The Hall–Kier alpha value is -0.610. The van der Waals surface area contributed by atoms with Crippen LogP contribution < -0.4 is 5.73 Å². The molecule has 0 aromatic carbocycles. The number of aliphatic hydroxyl groups is 1. The van der Waals surface area contributed by atoms with E-state index in [1.807, 2.05) is 0 Å². The van der Waals surface area contributed by atoms with Crippen molar-refractivity contribution in [3.8, 4) is 0 Å². The molecule has 1 saturated carbocycles. The third-order valence-corrected chi connectivity index (χ3v) is 2.55. The van der Waals surface area contributed by atoms with Crippen LogP contribution in [0, 0.1) is 0 Å². The lowest BCUT2D eigenvalue weighted by Gasteiger charge is -2.22. The minimum atomic E-state index is -1.04. The lowest BCUT2D eigenvalue weighted by atomic mass is 9.98. The van der Waals surface area contributed by atoms with Crippen molar-refractivity contribution in [1.82, 2.24) is 0 Å². The maximum atomic E-state index is 11.3. The lowest BCUT2D eigenvalue weighted by Crippen LogP contribution is -2.30. The molecule has 0 amide bonds. The van der Waals surface area contributed by atoms with Gasteiger partial charge in [0.25, 0.3) is 0 Å². The lowest BCUT2D eigenvalue weighted by molar-refractivity contribution is -0.160. The van der Waals surface area contributed by atoms with E-state index in [1.165, 1.54) is 6.42 Å². The summed E-state index contributed by atoms with van der Waals surface area (Å²) in [7, 11) is 0. The Morgan fingerprint density at radius 3 is 2.64 bits per heavy atom. The molecule has 1 rings (SSSR count). The smallest absolute Gasteiger partial charge is 0.335 e. The third kappa shape index (κ3) is 3.64. The van der Waals surface area contributed by atoms with Crippen LogP contribution in [0.25, 0.3) is 0 Å². The van der Waals surface area contributed by atoms with Crippen molar-refractivity contribution in [2.75, 3.05) is 6.54 Å². The molecule has 4 heteroatoms. The molecule has 0 aromatic rings. The van der Waals surface area contributed by atoms with Crippen LogP contribution in [0.15, 0.2) is 0 Å². The van der Waals surface area contributed by atoms with Gasteiger partial charge in [-0.1, -0.05) is 6.42 Å². The van der Waals surface area contributed by atoms with Crippen LogP contribution in [0.3, 0.4) is 0 Å². The first-order valence-electron chi connectivity index (χ1n) is 5.32. The van der Waals surface area contributed by atoms with E-state index in [0.29, 0.717) is 6.54 Å². The third-order valence-electron chi connectivity index (χ3n) is 2.55. The number of carbonyl (C=O) groups excluding carboxylic acids is 1. The number of hydrogen-bond donors (Lipinski definition) is 2. The van der Waals surface area contributed by atoms with Gasteiger partial charge < -0.3 is 15.6 Å². The molecule has 0 bridgehead atoms. The molecule has 1 atom stereocenters. The maximum absolute atomic E-state index is 11.3. The van der Waals surface area contributed by atoms with Gasteiger partial charge in [0.15, 0.2) is 6.10 Å². The van der Waals surface area contributed by atoms with Crippen molar-refractivity contribution in [2.45, 2.75) is 50.7 Å². The molecule has 0 aliphatic heterocycles. The minimum Gasteiger partial charge on any atom is -0.460 e. The average Bonchev–Trinajstić information content (AvgIpc) is 2.19. The topological polar surface area (TPSA) is 72.5 Å². The molecule has 14 heavy (non-hydrogen) atoms. The standard InChI is InChI=1S/C10H19NO3/c11-7-6-9(12)10(13)14-8-4-2-1-3-5-8/h8-9,12H,1-7,11H2/t9-/m0/s1. The largest absolute Gasteiger partial charge is 0.460 e. The number of nitrogens with two attached hydrogens (primary N) is 1. The fourth-order valence-electron chi connectivity index (χ4n) is 1.70. The maximum Gasteiger partial charge on any atom is 0.335 e. The second-order valence-corrected chi connectivity index (χ2v) is 3.79. The van der Waals surface area contributed by atoms with E-state index >= 15 is 0 Å². The van der Waals surface area contributed by atoms with Crippen molar-refractivity contribution in [3.05, 3.63) is 0 Å². The molecule has 1 aliphatic carbocycles. The zero-order chi connectivity index (χ0) is 10.4. The zero-order valence-electron chi connectivity index (χ0n) is 8.45. The van der Waals surface area contributed by atoms with Crippen LogP contribution in [0.5, 0.6) is 0 Å². The van der Waals surface area contributed by atoms with Gasteiger partial charge in [-0.05, 0) is 38.6 Å². The highest BCUT2D eigenvalue weighted by Crippen LogP contribution is 2.20. The van der Waals surface area contributed by atoms with Gasteiger partial charge in [-0.15, -0.1) is 0 Å². The summed E-state index contributed by atoms with van der Waals surface area (Å²) in [5.74, 6) is -0.512. The van der Waals surface area contributed by atoms with Crippen LogP contribution in [0.1, 0.15) is 38.5 Å². The first-order chi connectivity index (χ1) is 6.74.